The summed E-state index contributed by atoms with van der Waals surface area (Å²) in [4.78, 5) is 22.9. The van der Waals surface area contributed by atoms with E-state index >= 15 is 0 Å². The molecule has 6 heteroatoms. The minimum Gasteiger partial charge on any atom is -0.356 e. The topological polar surface area (TPSA) is 58.1 Å². The number of rotatable bonds is 5. The monoisotopic (exact) mass is 328 g/mol. The van der Waals surface area contributed by atoms with Gasteiger partial charge in [-0.25, -0.2) is 9.97 Å². The molecule has 0 bridgehead atoms. The van der Waals surface area contributed by atoms with Gasteiger partial charge in [0.2, 0.25) is 5.91 Å². The second-order valence-corrected chi connectivity index (χ2v) is 6.61. The van der Waals surface area contributed by atoms with E-state index in [1.807, 2.05) is 37.3 Å². The van der Waals surface area contributed by atoms with Crippen LogP contribution < -0.4 is 10.2 Å². The number of hydrogen-bond donors (Lipinski definition) is 1. The van der Waals surface area contributed by atoms with Crippen LogP contribution in [0.4, 0.5) is 11.5 Å². The number of thioether (sulfide) groups is 1. The van der Waals surface area contributed by atoms with Gasteiger partial charge in [0.25, 0.3) is 0 Å². The van der Waals surface area contributed by atoms with Crippen molar-refractivity contribution < 1.29 is 4.79 Å². The molecule has 1 aliphatic heterocycles. The second-order valence-electron chi connectivity index (χ2n) is 5.61. The first-order chi connectivity index (χ1) is 11.2. The third kappa shape index (κ3) is 4.45. The van der Waals surface area contributed by atoms with Crippen molar-refractivity contribution in [1.82, 2.24) is 9.97 Å². The van der Waals surface area contributed by atoms with Crippen LogP contribution in [0.5, 0.6) is 0 Å². The Morgan fingerprint density at radius 2 is 1.96 bits per heavy atom. The Morgan fingerprint density at radius 3 is 2.70 bits per heavy atom. The molecule has 1 aromatic carbocycles. The minimum atomic E-state index is -0.0276. The highest BCUT2D eigenvalue weighted by Gasteiger charge is 2.14. The van der Waals surface area contributed by atoms with E-state index in [-0.39, 0.29) is 5.91 Å². The lowest BCUT2D eigenvalue weighted by atomic mass is 10.2. The zero-order valence-electron chi connectivity index (χ0n) is 13.2. The highest BCUT2D eigenvalue weighted by molar-refractivity contribution is 7.99. The molecule has 1 saturated heterocycles. The molecule has 5 nitrogen and oxygen atoms in total. The number of carbonyl (C=O) groups is 1. The Morgan fingerprint density at radius 1 is 1.22 bits per heavy atom. The summed E-state index contributed by atoms with van der Waals surface area (Å²) in [6, 6.07) is 9.75. The number of carbonyl (C=O) groups excluding carboxylic acids is 1. The lowest BCUT2D eigenvalue weighted by molar-refractivity contribution is -0.113. The molecule has 120 valence electrons. The SMILES string of the molecule is Cc1ccc(NC(=O)CSc2cc(N3CCCC3)ncn2)cc1. The fourth-order valence-electron chi connectivity index (χ4n) is 2.50. The van der Waals surface area contributed by atoms with Gasteiger partial charge in [0.05, 0.1) is 5.75 Å². The molecule has 0 unspecified atom stereocenters. The van der Waals surface area contributed by atoms with Crippen molar-refractivity contribution in [1.29, 1.82) is 0 Å². The molecule has 23 heavy (non-hydrogen) atoms. The van der Waals surface area contributed by atoms with Gasteiger partial charge in [-0.15, -0.1) is 0 Å². The molecule has 0 spiro atoms. The normalized spacial score (nSPS) is 14.0. The molecule has 0 aliphatic carbocycles. The maximum Gasteiger partial charge on any atom is 0.234 e. The number of amides is 1. The van der Waals surface area contributed by atoms with Crippen molar-refractivity contribution >= 4 is 29.2 Å². The van der Waals surface area contributed by atoms with Crippen LogP contribution in [-0.2, 0) is 4.79 Å². The van der Waals surface area contributed by atoms with E-state index in [0.29, 0.717) is 5.75 Å². The van der Waals surface area contributed by atoms with Gasteiger partial charge in [-0.1, -0.05) is 29.5 Å². The molecule has 2 aromatic rings. The number of nitrogens with one attached hydrogen (secondary N) is 1. The Hall–Kier alpha value is -2.08. The summed E-state index contributed by atoms with van der Waals surface area (Å²) in [5, 5.41) is 3.73. The average Bonchev–Trinajstić information content (AvgIpc) is 3.10. The molecular formula is C17H20N4OS. The van der Waals surface area contributed by atoms with Crippen LogP contribution >= 0.6 is 11.8 Å². The van der Waals surface area contributed by atoms with E-state index in [9.17, 15) is 4.79 Å². The van der Waals surface area contributed by atoms with Gasteiger partial charge in [0.1, 0.15) is 17.2 Å². The highest BCUT2D eigenvalue weighted by Crippen LogP contribution is 2.22. The van der Waals surface area contributed by atoms with Crippen LogP contribution in [0.2, 0.25) is 0 Å². The molecule has 1 amide bonds. The molecule has 0 saturated carbocycles. The number of aryl methyl sites for hydroxylation is 1. The minimum absolute atomic E-state index is 0.0276. The summed E-state index contributed by atoms with van der Waals surface area (Å²) in [7, 11) is 0. The van der Waals surface area contributed by atoms with Crippen LogP contribution in [0.3, 0.4) is 0 Å². The van der Waals surface area contributed by atoms with Crippen LogP contribution in [0, 0.1) is 6.92 Å². The quantitative estimate of drug-likeness (QED) is 0.675. The first-order valence-electron chi connectivity index (χ1n) is 7.77. The Kier molecular flexibility index (Phi) is 5.12. The van der Waals surface area contributed by atoms with Crippen molar-refractivity contribution in [3.8, 4) is 0 Å². The predicted molar refractivity (Wildman–Crippen MR) is 94.0 cm³/mol. The van der Waals surface area contributed by atoms with E-state index in [4.69, 9.17) is 0 Å². The van der Waals surface area contributed by atoms with Crippen LogP contribution in [-0.4, -0.2) is 34.7 Å². The van der Waals surface area contributed by atoms with Crippen LogP contribution in [0.25, 0.3) is 0 Å². The van der Waals surface area contributed by atoms with E-state index in [1.54, 1.807) is 6.33 Å². The fourth-order valence-corrected chi connectivity index (χ4v) is 3.16. The van der Waals surface area contributed by atoms with Crippen molar-refractivity contribution in [2.45, 2.75) is 24.8 Å². The number of aromatic nitrogens is 2. The Bertz CT molecular complexity index is 669. The third-order valence-electron chi connectivity index (χ3n) is 3.74. The van der Waals surface area contributed by atoms with E-state index in [1.165, 1.54) is 30.2 Å². The highest BCUT2D eigenvalue weighted by atomic mass is 32.2. The predicted octanol–water partition coefficient (Wildman–Crippen LogP) is 3.12. The molecule has 1 aliphatic rings. The van der Waals surface area contributed by atoms with E-state index < -0.39 is 0 Å². The van der Waals surface area contributed by atoms with Crippen molar-refractivity contribution in [2.24, 2.45) is 0 Å². The van der Waals surface area contributed by atoms with Gasteiger partial charge in [-0.05, 0) is 31.9 Å². The standard InChI is InChI=1S/C17H20N4OS/c1-13-4-6-14(7-5-13)20-16(22)11-23-17-10-15(18-12-19-17)21-8-2-3-9-21/h4-7,10,12H,2-3,8-9,11H2,1H3,(H,20,22). The van der Waals surface area contributed by atoms with Gasteiger partial charge in [0, 0.05) is 24.8 Å². The van der Waals surface area contributed by atoms with E-state index in [2.05, 4.69) is 20.2 Å². The number of hydrogen-bond acceptors (Lipinski definition) is 5. The zero-order chi connectivity index (χ0) is 16.1. The third-order valence-corrected chi connectivity index (χ3v) is 4.67. The molecule has 0 atom stereocenters. The summed E-state index contributed by atoms with van der Waals surface area (Å²) in [6.07, 6.45) is 4.00. The summed E-state index contributed by atoms with van der Waals surface area (Å²) < 4.78 is 0. The largest absolute Gasteiger partial charge is 0.356 e. The molecule has 3 rings (SSSR count). The summed E-state index contributed by atoms with van der Waals surface area (Å²) >= 11 is 1.43. The van der Waals surface area contributed by atoms with Gasteiger partial charge in [-0.2, -0.15) is 0 Å². The molecule has 0 radical (unpaired) electrons. The number of benzene rings is 1. The van der Waals surface area contributed by atoms with Crippen LogP contribution in [0.1, 0.15) is 18.4 Å². The molecule has 1 N–H and O–H groups in total. The Balaban J connectivity index is 1.54. The summed E-state index contributed by atoms with van der Waals surface area (Å²) in [6.45, 7) is 4.12. The van der Waals surface area contributed by atoms with Gasteiger partial charge < -0.3 is 10.2 Å². The fraction of sp³-hybridized carbons (Fsp3) is 0.353. The van der Waals surface area contributed by atoms with Gasteiger partial charge >= 0.3 is 0 Å². The van der Waals surface area contributed by atoms with Crippen molar-refractivity contribution in [3.05, 3.63) is 42.2 Å². The molecule has 1 fully saturated rings. The zero-order valence-corrected chi connectivity index (χ0v) is 14.0. The maximum atomic E-state index is 12.0. The number of anilines is 2. The van der Waals surface area contributed by atoms with Gasteiger partial charge in [-0.3, -0.25) is 4.79 Å². The molecular weight excluding hydrogens is 308 g/mol. The lowest BCUT2D eigenvalue weighted by Gasteiger charge is -2.16. The second kappa shape index (κ2) is 7.46. The molecule has 1 aromatic heterocycles. The van der Waals surface area contributed by atoms with Crippen LogP contribution in [0.15, 0.2) is 41.7 Å². The number of nitrogens with zero attached hydrogens (tertiary/aromatic N) is 3. The first kappa shape index (κ1) is 15.8. The van der Waals surface area contributed by atoms with Gasteiger partial charge in [0.15, 0.2) is 0 Å². The Labute approximate surface area is 140 Å². The smallest absolute Gasteiger partial charge is 0.234 e. The average molecular weight is 328 g/mol. The molecule has 2 heterocycles. The first-order valence-corrected chi connectivity index (χ1v) is 8.75. The summed E-state index contributed by atoms with van der Waals surface area (Å²) in [5.41, 5.74) is 1.99. The van der Waals surface area contributed by atoms with Crippen molar-refractivity contribution in [3.63, 3.8) is 0 Å². The van der Waals surface area contributed by atoms with E-state index in [0.717, 1.165) is 29.6 Å². The van der Waals surface area contributed by atoms with Crippen molar-refractivity contribution in [2.75, 3.05) is 29.1 Å². The summed E-state index contributed by atoms with van der Waals surface area (Å²) in [5.74, 6) is 1.27. The maximum absolute atomic E-state index is 12.0. The lowest BCUT2D eigenvalue weighted by Crippen LogP contribution is -2.19.